The van der Waals surface area contributed by atoms with Crippen molar-refractivity contribution in [3.05, 3.63) is 29.6 Å². The Labute approximate surface area is 349 Å². The lowest BCUT2D eigenvalue weighted by Crippen LogP contribution is -2.34. The average Bonchev–Trinajstić information content (AvgIpc) is 3.20. The van der Waals surface area contributed by atoms with Crippen LogP contribution < -0.4 is 4.57 Å². The minimum absolute atomic E-state index is 1.21. The lowest BCUT2D eigenvalue weighted by Gasteiger charge is -2.10. The van der Waals surface area contributed by atoms with Crippen molar-refractivity contribution < 1.29 is 4.57 Å². The first-order chi connectivity index (χ1) is 27.3. The summed E-state index contributed by atoms with van der Waals surface area (Å²) in [6.45, 7) is 8.16. The van der Waals surface area contributed by atoms with Crippen LogP contribution >= 0.6 is 0 Å². The molecule has 1 heteroatoms. The number of aryl methyl sites for hydroxylation is 3. The molecule has 1 rings (SSSR count). The second-order valence-corrected chi connectivity index (χ2v) is 18.4. The van der Waals surface area contributed by atoms with Crippen LogP contribution in [-0.2, 0) is 19.4 Å². The summed E-state index contributed by atoms with van der Waals surface area (Å²) in [7, 11) is 0. The molecule has 0 amide bonds. The Bertz CT molecular complexity index is 859. The standard InChI is InChI=1S/C54H104N/c1-4-7-10-13-16-19-22-24-26-28-30-32-35-38-41-44-47-53-49-51-55(50-46-43-40-37-34-21-18-15-12-9-6-3)52-54(53)48-45-42-39-36-33-31-29-27-25-23-20-17-14-11-8-5-2/h49,51-52H,4-48,50H2,1-3H3/q+1. The van der Waals surface area contributed by atoms with Gasteiger partial charge in [-0.3, -0.25) is 0 Å². The SMILES string of the molecule is CCCCCCCCCCCCCCCCCCc1cc[n+](CCCCCCCCCCCCC)cc1CCCCCCCCCCCCCCCCCC. The minimum Gasteiger partial charge on any atom is -0.205 e. The summed E-state index contributed by atoms with van der Waals surface area (Å²) in [6, 6.07) is 2.52. The van der Waals surface area contributed by atoms with Gasteiger partial charge < -0.3 is 0 Å². The van der Waals surface area contributed by atoms with E-state index in [1.807, 2.05) is 0 Å². The third-order valence-corrected chi connectivity index (χ3v) is 12.8. The van der Waals surface area contributed by atoms with Crippen molar-refractivity contribution in [2.24, 2.45) is 0 Å². The molecule has 0 aliphatic carbocycles. The molecule has 0 bridgehead atoms. The zero-order valence-electron chi connectivity index (χ0n) is 38.7. The van der Waals surface area contributed by atoms with Crippen molar-refractivity contribution in [2.45, 2.75) is 316 Å². The predicted molar refractivity (Wildman–Crippen MR) is 250 cm³/mol. The van der Waals surface area contributed by atoms with Crippen molar-refractivity contribution in [2.75, 3.05) is 0 Å². The van der Waals surface area contributed by atoms with Crippen LogP contribution in [0.5, 0.6) is 0 Å². The van der Waals surface area contributed by atoms with Crippen molar-refractivity contribution >= 4 is 0 Å². The maximum Gasteiger partial charge on any atom is 0.172 e. The van der Waals surface area contributed by atoms with Crippen LogP contribution in [0.1, 0.15) is 308 Å². The molecule has 1 nitrogen and oxygen atoms in total. The maximum atomic E-state index is 2.57. The molecular weight excluding hydrogens is 663 g/mol. The van der Waals surface area contributed by atoms with Gasteiger partial charge in [-0.25, -0.2) is 4.57 Å². The molecule has 0 saturated carbocycles. The van der Waals surface area contributed by atoms with Gasteiger partial charge in [0.25, 0.3) is 0 Å². The van der Waals surface area contributed by atoms with E-state index in [1.54, 1.807) is 11.1 Å². The highest BCUT2D eigenvalue weighted by Crippen LogP contribution is 2.19. The molecule has 0 aliphatic heterocycles. The largest absolute Gasteiger partial charge is 0.205 e. The van der Waals surface area contributed by atoms with Gasteiger partial charge in [-0.15, -0.1) is 0 Å². The maximum absolute atomic E-state index is 2.57. The van der Waals surface area contributed by atoms with E-state index in [4.69, 9.17) is 0 Å². The Hall–Kier alpha value is -0.850. The molecule has 0 N–H and O–H groups in total. The van der Waals surface area contributed by atoms with Gasteiger partial charge in [0.2, 0.25) is 0 Å². The van der Waals surface area contributed by atoms with E-state index in [0.717, 1.165) is 0 Å². The molecule has 0 spiro atoms. The summed E-state index contributed by atoms with van der Waals surface area (Å²) >= 11 is 0. The molecular formula is C54H104N+. The molecule has 0 fully saturated rings. The summed E-state index contributed by atoms with van der Waals surface area (Å²) in [4.78, 5) is 0. The van der Waals surface area contributed by atoms with Gasteiger partial charge in [0, 0.05) is 18.1 Å². The first-order valence-corrected chi connectivity index (χ1v) is 26.3. The van der Waals surface area contributed by atoms with Gasteiger partial charge in [-0.2, -0.15) is 0 Å². The van der Waals surface area contributed by atoms with Crippen LogP contribution in [0.15, 0.2) is 18.5 Å². The Morgan fingerprint density at radius 3 is 0.800 bits per heavy atom. The minimum atomic E-state index is 1.21. The van der Waals surface area contributed by atoms with E-state index in [-0.39, 0.29) is 0 Å². The normalized spacial score (nSPS) is 11.6. The zero-order valence-corrected chi connectivity index (χ0v) is 38.7. The van der Waals surface area contributed by atoms with Gasteiger partial charge >= 0.3 is 0 Å². The molecule has 1 aromatic heterocycles. The molecule has 0 atom stereocenters. The highest BCUT2D eigenvalue weighted by molar-refractivity contribution is 5.21. The Kier molecular flexibility index (Phi) is 42.0. The van der Waals surface area contributed by atoms with E-state index in [9.17, 15) is 0 Å². The highest BCUT2D eigenvalue weighted by atomic mass is 14.9. The first-order valence-electron chi connectivity index (χ1n) is 26.3. The molecule has 1 heterocycles. The van der Waals surface area contributed by atoms with Gasteiger partial charge in [0.05, 0.1) is 0 Å². The number of unbranched alkanes of at least 4 members (excludes halogenated alkanes) is 40. The third kappa shape index (κ3) is 37.2. The summed E-state index contributed by atoms with van der Waals surface area (Å²) in [5.41, 5.74) is 3.35. The second kappa shape index (κ2) is 44.3. The zero-order chi connectivity index (χ0) is 39.4. The molecule has 0 radical (unpaired) electrons. The molecule has 0 aliphatic rings. The fraction of sp³-hybridized carbons (Fsp3) is 0.907. The van der Waals surface area contributed by atoms with Crippen molar-refractivity contribution in [1.29, 1.82) is 0 Å². The number of aromatic nitrogens is 1. The fourth-order valence-electron chi connectivity index (χ4n) is 8.91. The van der Waals surface area contributed by atoms with Crippen LogP contribution in [0.25, 0.3) is 0 Å². The lowest BCUT2D eigenvalue weighted by molar-refractivity contribution is -0.697. The number of hydrogen-bond acceptors (Lipinski definition) is 0. The van der Waals surface area contributed by atoms with Crippen molar-refractivity contribution in [3.8, 4) is 0 Å². The van der Waals surface area contributed by atoms with Crippen molar-refractivity contribution in [1.82, 2.24) is 0 Å². The topological polar surface area (TPSA) is 3.88 Å². The third-order valence-electron chi connectivity index (χ3n) is 12.8. The Morgan fingerprint density at radius 2 is 0.509 bits per heavy atom. The van der Waals surface area contributed by atoms with Gasteiger partial charge in [0.1, 0.15) is 6.54 Å². The lowest BCUT2D eigenvalue weighted by atomic mass is 9.97. The summed E-state index contributed by atoms with van der Waals surface area (Å²) in [6.07, 6.45) is 69.8. The number of nitrogens with zero attached hydrogens (tertiary/aromatic N) is 1. The quantitative estimate of drug-likeness (QED) is 0.0460. The second-order valence-electron chi connectivity index (χ2n) is 18.4. The summed E-state index contributed by atoms with van der Waals surface area (Å²) in [5, 5.41) is 0. The van der Waals surface area contributed by atoms with Gasteiger partial charge in [-0.05, 0) is 37.7 Å². The van der Waals surface area contributed by atoms with Crippen LogP contribution in [0.2, 0.25) is 0 Å². The van der Waals surface area contributed by atoms with E-state index >= 15 is 0 Å². The van der Waals surface area contributed by atoms with Crippen molar-refractivity contribution in [3.63, 3.8) is 0 Å². The molecule has 55 heavy (non-hydrogen) atoms. The van der Waals surface area contributed by atoms with E-state index in [1.165, 1.54) is 295 Å². The number of rotatable bonds is 46. The summed E-state index contributed by atoms with van der Waals surface area (Å²) in [5.74, 6) is 0. The molecule has 0 unspecified atom stereocenters. The number of hydrogen-bond donors (Lipinski definition) is 0. The monoisotopic (exact) mass is 767 g/mol. The molecule has 324 valence electrons. The molecule has 1 aromatic rings. The number of pyridine rings is 1. The van der Waals surface area contributed by atoms with Crippen LogP contribution in [0, 0.1) is 0 Å². The van der Waals surface area contributed by atoms with Gasteiger partial charge in [0.15, 0.2) is 12.4 Å². The highest BCUT2D eigenvalue weighted by Gasteiger charge is 2.10. The van der Waals surface area contributed by atoms with Crippen LogP contribution in [0.4, 0.5) is 0 Å². The summed E-state index contributed by atoms with van der Waals surface area (Å²) < 4.78 is 2.55. The fourth-order valence-corrected chi connectivity index (χ4v) is 8.91. The van der Waals surface area contributed by atoms with E-state index < -0.39 is 0 Å². The van der Waals surface area contributed by atoms with E-state index in [0.29, 0.717) is 0 Å². The van der Waals surface area contributed by atoms with E-state index in [2.05, 4.69) is 43.8 Å². The van der Waals surface area contributed by atoms with Crippen LogP contribution in [0.3, 0.4) is 0 Å². The molecule has 0 aromatic carbocycles. The average molecular weight is 767 g/mol. The van der Waals surface area contributed by atoms with Gasteiger partial charge in [-0.1, -0.05) is 271 Å². The Balaban J connectivity index is 2.27. The first kappa shape index (κ1) is 52.2. The predicted octanol–water partition coefficient (Wildman–Crippen LogP) is 18.9. The Morgan fingerprint density at radius 1 is 0.273 bits per heavy atom. The van der Waals surface area contributed by atoms with Crippen LogP contribution in [-0.4, -0.2) is 0 Å². The molecule has 0 saturated heterocycles. The smallest absolute Gasteiger partial charge is 0.172 e.